The van der Waals surface area contributed by atoms with Crippen molar-refractivity contribution in [2.75, 3.05) is 5.32 Å². The molecule has 2 heterocycles. The normalized spacial score (nSPS) is 13.7. The number of aromatic nitrogens is 4. The number of ether oxygens (including phenoxy) is 1. The van der Waals surface area contributed by atoms with Crippen LogP contribution in [0.1, 0.15) is 30.5 Å². The Hall–Kier alpha value is -3.94. The Morgan fingerprint density at radius 3 is 2.72 bits per heavy atom. The number of aryl methyl sites for hydroxylation is 1. The molecule has 0 spiro atoms. The van der Waals surface area contributed by atoms with Crippen LogP contribution in [-0.2, 0) is 11.4 Å². The van der Waals surface area contributed by atoms with Crippen LogP contribution in [0.4, 0.5) is 5.69 Å². The summed E-state index contributed by atoms with van der Waals surface area (Å²) in [6, 6.07) is 16.6. The minimum atomic E-state index is -0.272. The molecule has 0 radical (unpaired) electrons. The molecule has 8 heteroatoms. The van der Waals surface area contributed by atoms with Crippen LogP contribution in [-0.4, -0.2) is 25.5 Å². The number of nitrogens with zero attached hydrogens (tertiary/aromatic N) is 3. The van der Waals surface area contributed by atoms with Gasteiger partial charge in [-0.2, -0.15) is 9.50 Å². The van der Waals surface area contributed by atoms with E-state index in [-0.39, 0.29) is 29.8 Å². The number of anilines is 1. The van der Waals surface area contributed by atoms with Crippen molar-refractivity contribution in [3.63, 3.8) is 0 Å². The molecule has 2 aromatic carbocycles. The van der Waals surface area contributed by atoms with Crippen LogP contribution in [0.3, 0.4) is 0 Å². The van der Waals surface area contributed by atoms with Crippen molar-refractivity contribution in [2.24, 2.45) is 5.92 Å². The standard InChI is InChI=1S/C24H23N5O3/c1-15-7-5-12-19(21(15)26-23(31)17-10-6-11-17)32-14-18-13-20(30)29-24(25-18)27-22(28-29)16-8-3-2-4-9-16/h2-5,7-9,12-13,17H,6,10-11,14H2,1H3,(H,26,31)(H,25,27,28). The Balaban J connectivity index is 1.38. The molecule has 8 nitrogen and oxygen atoms in total. The molecule has 0 aliphatic heterocycles. The molecule has 2 N–H and O–H groups in total. The second kappa shape index (κ2) is 8.30. The number of aromatic amines is 1. The van der Waals surface area contributed by atoms with Gasteiger partial charge in [-0.05, 0) is 31.4 Å². The summed E-state index contributed by atoms with van der Waals surface area (Å²) in [6.45, 7) is 2.00. The summed E-state index contributed by atoms with van der Waals surface area (Å²) in [5.74, 6) is 1.49. The van der Waals surface area contributed by atoms with Gasteiger partial charge >= 0.3 is 0 Å². The smallest absolute Gasteiger partial charge is 0.274 e. The Kier molecular flexibility index (Phi) is 5.18. The Bertz CT molecular complexity index is 1340. The molecule has 0 unspecified atom stereocenters. The number of fused-ring (bicyclic) bond motifs is 1. The summed E-state index contributed by atoms with van der Waals surface area (Å²) in [6.07, 6.45) is 2.95. The summed E-state index contributed by atoms with van der Waals surface area (Å²) in [7, 11) is 0. The third-order valence-electron chi connectivity index (χ3n) is 5.77. The van der Waals surface area contributed by atoms with Gasteiger partial charge in [-0.25, -0.2) is 4.98 Å². The fourth-order valence-electron chi connectivity index (χ4n) is 3.70. The van der Waals surface area contributed by atoms with Crippen molar-refractivity contribution in [3.8, 4) is 17.1 Å². The first kappa shape index (κ1) is 20.0. The van der Waals surface area contributed by atoms with Crippen molar-refractivity contribution in [3.05, 3.63) is 76.2 Å². The first-order chi connectivity index (χ1) is 15.6. The van der Waals surface area contributed by atoms with E-state index in [9.17, 15) is 9.59 Å². The topological polar surface area (TPSA) is 101 Å². The molecule has 2 aromatic heterocycles. The molecule has 1 aliphatic rings. The molecule has 1 amide bonds. The van der Waals surface area contributed by atoms with Crippen molar-refractivity contribution in [1.82, 2.24) is 19.6 Å². The lowest BCUT2D eigenvalue weighted by molar-refractivity contribution is -0.122. The van der Waals surface area contributed by atoms with E-state index in [1.165, 1.54) is 10.6 Å². The van der Waals surface area contributed by atoms with Gasteiger partial charge < -0.3 is 10.1 Å². The van der Waals surface area contributed by atoms with Crippen molar-refractivity contribution >= 4 is 17.4 Å². The van der Waals surface area contributed by atoms with E-state index in [0.29, 0.717) is 23.0 Å². The van der Waals surface area contributed by atoms with Gasteiger partial charge in [0.25, 0.3) is 11.3 Å². The van der Waals surface area contributed by atoms with Crippen LogP contribution >= 0.6 is 0 Å². The molecule has 1 aliphatic carbocycles. The van der Waals surface area contributed by atoms with Crippen LogP contribution in [0, 0.1) is 12.8 Å². The zero-order valence-corrected chi connectivity index (χ0v) is 17.7. The zero-order chi connectivity index (χ0) is 22.1. The molecule has 0 saturated heterocycles. The van der Waals surface area contributed by atoms with Gasteiger partial charge in [0.1, 0.15) is 12.4 Å². The van der Waals surface area contributed by atoms with Gasteiger partial charge in [0, 0.05) is 17.5 Å². The quantitative estimate of drug-likeness (QED) is 0.487. The lowest BCUT2D eigenvalue weighted by Crippen LogP contribution is -2.28. The molecule has 4 aromatic rings. The van der Waals surface area contributed by atoms with Crippen molar-refractivity contribution in [1.29, 1.82) is 0 Å². The number of para-hydroxylation sites is 1. The van der Waals surface area contributed by atoms with Gasteiger partial charge in [0.2, 0.25) is 5.91 Å². The first-order valence-electron chi connectivity index (χ1n) is 10.7. The highest BCUT2D eigenvalue weighted by molar-refractivity contribution is 5.95. The average molecular weight is 429 g/mol. The summed E-state index contributed by atoms with van der Waals surface area (Å²) in [4.78, 5) is 33.9. The third kappa shape index (κ3) is 3.87. The third-order valence-corrected chi connectivity index (χ3v) is 5.77. The summed E-state index contributed by atoms with van der Waals surface area (Å²) >= 11 is 0. The van der Waals surface area contributed by atoms with Gasteiger partial charge in [0.05, 0.1) is 11.4 Å². The molecular weight excluding hydrogens is 406 g/mol. The lowest BCUT2D eigenvalue weighted by atomic mass is 9.85. The Morgan fingerprint density at radius 2 is 1.97 bits per heavy atom. The monoisotopic (exact) mass is 429 g/mol. The average Bonchev–Trinajstić information content (AvgIpc) is 3.18. The number of carbonyl (C=O) groups excluding carboxylic acids is 1. The Labute approximate surface area is 184 Å². The minimum Gasteiger partial charge on any atom is -0.485 e. The second-order valence-electron chi connectivity index (χ2n) is 8.01. The van der Waals surface area contributed by atoms with E-state index >= 15 is 0 Å². The van der Waals surface area contributed by atoms with Gasteiger partial charge in [-0.1, -0.05) is 48.9 Å². The number of carbonyl (C=O) groups is 1. The van der Waals surface area contributed by atoms with Gasteiger partial charge in [0.15, 0.2) is 5.82 Å². The predicted molar refractivity (Wildman–Crippen MR) is 121 cm³/mol. The van der Waals surface area contributed by atoms with E-state index < -0.39 is 0 Å². The number of benzene rings is 2. The van der Waals surface area contributed by atoms with E-state index in [2.05, 4.69) is 20.4 Å². The van der Waals surface area contributed by atoms with Crippen LogP contribution in [0.15, 0.2) is 59.4 Å². The number of amides is 1. The second-order valence-corrected chi connectivity index (χ2v) is 8.01. The number of nitrogens with one attached hydrogen (secondary N) is 2. The first-order valence-corrected chi connectivity index (χ1v) is 10.7. The zero-order valence-electron chi connectivity index (χ0n) is 17.7. The number of hydrogen-bond acceptors (Lipinski definition) is 5. The fraction of sp³-hybridized carbons (Fsp3) is 0.250. The molecule has 0 atom stereocenters. The molecule has 1 saturated carbocycles. The van der Waals surface area contributed by atoms with Crippen LogP contribution in [0.25, 0.3) is 17.2 Å². The number of hydrogen-bond donors (Lipinski definition) is 2. The van der Waals surface area contributed by atoms with E-state index in [1.807, 2.05) is 49.4 Å². The maximum atomic E-state index is 12.6. The molecule has 0 bridgehead atoms. The SMILES string of the molecule is Cc1cccc(OCc2cc(=O)n3[nH]c(-c4ccccc4)nc3n2)c1NC(=O)C1CCC1. The van der Waals surface area contributed by atoms with Crippen LogP contribution < -0.4 is 15.6 Å². The molecule has 5 rings (SSSR count). The highest BCUT2D eigenvalue weighted by Gasteiger charge is 2.26. The Morgan fingerprint density at radius 1 is 1.16 bits per heavy atom. The van der Waals surface area contributed by atoms with Gasteiger partial charge in [-0.3, -0.25) is 14.7 Å². The lowest BCUT2D eigenvalue weighted by Gasteiger charge is -2.25. The van der Waals surface area contributed by atoms with E-state index in [4.69, 9.17) is 4.74 Å². The highest BCUT2D eigenvalue weighted by Crippen LogP contribution is 2.32. The molecule has 1 fully saturated rings. The van der Waals surface area contributed by atoms with Crippen LogP contribution in [0.2, 0.25) is 0 Å². The number of rotatable bonds is 6. The number of H-pyrrole nitrogens is 1. The van der Waals surface area contributed by atoms with E-state index in [0.717, 1.165) is 30.4 Å². The summed E-state index contributed by atoms with van der Waals surface area (Å²) in [5, 5.41) is 6.00. The van der Waals surface area contributed by atoms with Crippen molar-refractivity contribution in [2.45, 2.75) is 32.8 Å². The minimum absolute atomic E-state index is 0.0261. The van der Waals surface area contributed by atoms with E-state index in [1.54, 1.807) is 6.07 Å². The highest BCUT2D eigenvalue weighted by atomic mass is 16.5. The van der Waals surface area contributed by atoms with Gasteiger partial charge in [-0.15, -0.1) is 0 Å². The molecular formula is C24H23N5O3. The summed E-state index contributed by atoms with van der Waals surface area (Å²) < 4.78 is 7.28. The largest absolute Gasteiger partial charge is 0.485 e. The summed E-state index contributed by atoms with van der Waals surface area (Å²) in [5.41, 5.74) is 2.62. The predicted octanol–water partition coefficient (Wildman–Crippen LogP) is 3.71. The maximum absolute atomic E-state index is 12.6. The maximum Gasteiger partial charge on any atom is 0.274 e. The molecule has 162 valence electrons. The fourth-order valence-corrected chi connectivity index (χ4v) is 3.70. The molecule has 32 heavy (non-hydrogen) atoms. The van der Waals surface area contributed by atoms with Crippen molar-refractivity contribution < 1.29 is 9.53 Å². The van der Waals surface area contributed by atoms with Crippen LogP contribution in [0.5, 0.6) is 5.75 Å².